The first-order valence-corrected chi connectivity index (χ1v) is 9.54. The van der Waals surface area contributed by atoms with Crippen molar-refractivity contribution in [2.45, 2.75) is 45.1 Å². The molecule has 3 heterocycles. The smallest absolute Gasteiger partial charge is 0.311 e. The molecule has 6 heteroatoms. The quantitative estimate of drug-likeness (QED) is 0.846. The number of nitrogens with zero attached hydrogens (tertiary/aromatic N) is 2. The SMILES string of the molecule is O=C(NC[C@@H]1CCCN(Cc2ccco2)C1)C(=O)N1CCCCCC1. The minimum absolute atomic E-state index is 0.356. The van der Waals surface area contributed by atoms with Crippen LogP contribution in [0, 0.1) is 5.92 Å². The average molecular weight is 347 g/mol. The van der Waals surface area contributed by atoms with E-state index in [2.05, 4.69) is 10.2 Å². The second kappa shape index (κ2) is 9.04. The van der Waals surface area contributed by atoms with Crippen LogP contribution in [0.2, 0.25) is 0 Å². The van der Waals surface area contributed by atoms with Gasteiger partial charge >= 0.3 is 11.8 Å². The van der Waals surface area contributed by atoms with Gasteiger partial charge in [-0.3, -0.25) is 14.5 Å². The molecule has 0 radical (unpaired) electrons. The number of amides is 2. The van der Waals surface area contributed by atoms with Gasteiger partial charge in [-0.15, -0.1) is 0 Å². The lowest BCUT2D eigenvalue weighted by Gasteiger charge is -2.32. The molecule has 2 saturated heterocycles. The summed E-state index contributed by atoms with van der Waals surface area (Å²) >= 11 is 0. The molecule has 2 aliphatic rings. The maximum absolute atomic E-state index is 12.3. The molecule has 0 spiro atoms. The highest BCUT2D eigenvalue weighted by Gasteiger charge is 2.25. The molecule has 1 N–H and O–H groups in total. The van der Waals surface area contributed by atoms with E-state index < -0.39 is 5.91 Å². The van der Waals surface area contributed by atoms with Gasteiger partial charge in [0, 0.05) is 26.2 Å². The molecule has 0 bridgehead atoms. The molecule has 0 aromatic carbocycles. The summed E-state index contributed by atoms with van der Waals surface area (Å²) in [5.41, 5.74) is 0. The van der Waals surface area contributed by atoms with Crippen LogP contribution < -0.4 is 5.32 Å². The Labute approximate surface area is 149 Å². The molecule has 1 aromatic rings. The number of carbonyl (C=O) groups excluding carboxylic acids is 2. The summed E-state index contributed by atoms with van der Waals surface area (Å²) in [5.74, 6) is 0.570. The number of carbonyl (C=O) groups is 2. The van der Waals surface area contributed by atoms with Crippen LogP contribution in [0.5, 0.6) is 0 Å². The standard InChI is InChI=1S/C19H29N3O3/c23-18(19(24)22-10-3-1-2-4-11-22)20-13-16-7-5-9-21(14-16)15-17-8-6-12-25-17/h6,8,12,16H,1-5,7,9-11,13-15H2,(H,20,23)/t16-/m0/s1. The van der Waals surface area contributed by atoms with Crippen molar-refractivity contribution in [2.24, 2.45) is 5.92 Å². The molecule has 2 amide bonds. The normalized spacial score (nSPS) is 22.4. The lowest BCUT2D eigenvalue weighted by molar-refractivity contribution is -0.145. The van der Waals surface area contributed by atoms with Crippen molar-refractivity contribution in [2.75, 3.05) is 32.7 Å². The minimum atomic E-state index is -0.440. The molecule has 138 valence electrons. The highest BCUT2D eigenvalue weighted by atomic mass is 16.3. The van der Waals surface area contributed by atoms with E-state index in [1.165, 1.54) is 0 Å². The van der Waals surface area contributed by atoms with Crippen molar-refractivity contribution in [3.05, 3.63) is 24.2 Å². The molecule has 1 aromatic heterocycles. The van der Waals surface area contributed by atoms with Gasteiger partial charge < -0.3 is 14.6 Å². The maximum atomic E-state index is 12.3. The van der Waals surface area contributed by atoms with Crippen molar-refractivity contribution in [1.29, 1.82) is 0 Å². The van der Waals surface area contributed by atoms with E-state index in [9.17, 15) is 9.59 Å². The van der Waals surface area contributed by atoms with Crippen molar-refractivity contribution in [3.63, 3.8) is 0 Å². The predicted molar refractivity (Wildman–Crippen MR) is 94.8 cm³/mol. The van der Waals surface area contributed by atoms with Gasteiger partial charge in [-0.1, -0.05) is 12.8 Å². The zero-order valence-electron chi connectivity index (χ0n) is 14.9. The summed E-state index contributed by atoms with van der Waals surface area (Å²) in [4.78, 5) is 28.6. The topological polar surface area (TPSA) is 65.8 Å². The van der Waals surface area contributed by atoms with Crippen molar-refractivity contribution in [1.82, 2.24) is 15.1 Å². The summed E-state index contributed by atoms with van der Waals surface area (Å²) in [6, 6.07) is 3.90. The highest BCUT2D eigenvalue weighted by Crippen LogP contribution is 2.18. The fraction of sp³-hybridized carbons (Fsp3) is 0.684. The van der Waals surface area contributed by atoms with Crippen LogP contribution in [-0.4, -0.2) is 54.3 Å². The third-order valence-electron chi connectivity index (χ3n) is 5.20. The number of likely N-dealkylation sites (tertiary alicyclic amines) is 2. The predicted octanol–water partition coefficient (Wildman–Crippen LogP) is 2.01. The molecule has 25 heavy (non-hydrogen) atoms. The average Bonchev–Trinajstić information content (AvgIpc) is 2.98. The van der Waals surface area contributed by atoms with Crippen LogP contribution in [0.1, 0.15) is 44.3 Å². The first kappa shape index (κ1) is 18.0. The van der Waals surface area contributed by atoms with Crippen LogP contribution in [0.15, 0.2) is 22.8 Å². The van der Waals surface area contributed by atoms with Gasteiger partial charge in [0.25, 0.3) is 0 Å². The third-order valence-corrected chi connectivity index (χ3v) is 5.20. The van der Waals surface area contributed by atoms with E-state index >= 15 is 0 Å². The first-order chi connectivity index (χ1) is 12.2. The number of rotatable bonds is 4. The summed E-state index contributed by atoms with van der Waals surface area (Å²) in [6.07, 6.45) is 8.21. The Morgan fingerprint density at radius 1 is 1.12 bits per heavy atom. The summed E-state index contributed by atoms with van der Waals surface area (Å²) < 4.78 is 5.42. The number of furan rings is 1. The molecule has 2 aliphatic heterocycles. The molecular weight excluding hydrogens is 318 g/mol. The Morgan fingerprint density at radius 3 is 2.64 bits per heavy atom. The Kier molecular flexibility index (Phi) is 6.50. The van der Waals surface area contributed by atoms with Gasteiger partial charge in [0.05, 0.1) is 12.8 Å². The second-order valence-electron chi connectivity index (χ2n) is 7.24. The van der Waals surface area contributed by atoms with E-state index in [1.807, 2.05) is 12.1 Å². The van der Waals surface area contributed by atoms with Gasteiger partial charge in [-0.25, -0.2) is 0 Å². The molecule has 0 aliphatic carbocycles. The largest absolute Gasteiger partial charge is 0.468 e. The number of hydrogen-bond acceptors (Lipinski definition) is 4. The third kappa shape index (κ3) is 5.33. The maximum Gasteiger partial charge on any atom is 0.311 e. The van der Waals surface area contributed by atoms with Crippen molar-refractivity contribution in [3.8, 4) is 0 Å². The lowest BCUT2D eigenvalue weighted by atomic mass is 9.98. The Bertz CT molecular complexity index is 550. The van der Waals surface area contributed by atoms with Gasteiger partial charge in [-0.05, 0) is 50.3 Å². The fourth-order valence-corrected chi connectivity index (χ4v) is 3.81. The van der Waals surface area contributed by atoms with Gasteiger partial charge in [-0.2, -0.15) is 0 Å². The van der Waals surface area contributed by atoms with Crippen molar-refractivity contribution >= 4 is 11.8 Å². The van der Waals surface area contributed by atoms with Gasteiger partial charge in [0.1, 0.15) is 5.76 Å². The summed E-state index contributed by atoms with van der Waals surface area (Å²) in [6.45, 7) is 4.80. The van der Waals surface area contributed by atoms with E-state index in [0.29, 0.717) is 25.6 Å². The second-order valence-corrected chi connectivity index (χ2v) is 7.24. The van der Waals surface area contributed by atoms with Gasteiger partial charge in [0.2, 0.25) is 0 Å². The number of nitrogens with one attached hydrogen (secondary N) is 1. The molecule has 3 rings (SSSR count). The molecule has 6 nitrogen and oxygen atoms in total. The molecule has 0 saturated carbocycles. The van der Waals surface area contributed by atoms with Crippen LogP contribution in [-0.2, 0) is 16.1 Å². The number of piperidine rings is 1. The fourth-order valence-electron chi connectivity index (χ4n) is 3.81. The molecule has 0 unspecified atom stereocenters. The summed E-state index contributed by atoms with van der Waals surface area (Å²) in [7, 11) is 0. The van der Waals surface area contributed by atoms with E-state index in [0.717, 1.165) is 63.9 Å². The van der Waals surface area contributed by atoms with Crippen LogP contribution in [0.3, 0.4) is 0 Å². The van der Waals surface area contributed by atoms with E-state index in [-0.39, 0.29) is 5.91 Å². The Morgan fingerprint density at radius 2 is 1.92 bits per heavy atom. The zero-order valence-corrected chi connectivity index (χ0v) is 14.9. The van der Waals surface area contributed by atoms with Crippen molar-refractivity contribution < 1.29 is 14.0 Å². The summed E-state index contributed by atoms with van der Waals surface area (Å²) in [5, 5.41) is 2.87. The number of hydrogen-bond donors (Lipinski definition) is 1. The molecule has 1 atom stereocenters. The lowest BCUT2D eigenvalue weighted by Crippen LogP contribution is -2.46. The van der Waals surface area contributed by atoms with E-state index in [4.69, 9.17) is 4.42 Å². The Balaban J connectivity index is 1.42. The first-order valence-electron chi connectivity index (χ1n) is 9.54. The monoisotopic (exact) mass is 347 g/mol. The van der Waals surface area contributed by atoms with Crippen LogP contribution in [0.4, 0.5) is 0 Å². The highest BCUT2D eigenvalue weighted by molar-refractivity contribution is 6.35. The van der Waals surface area contributed by atoms with Crippen LogP contribution in [0.25, 0.3) is 0 Å². The molecule has 2 fully saturated rings. The zero-order chi connectivity index (χ0) is 17.5. The van der Waals surface area contributed by atoms with Gasteiger partial charge in [0.15, 0.2) is 0 Å². The minimum Gasteiger partial charge on any atom is -0.468 e. The van der Waals surface area contributed by atoms with E-state index in [1.54, 1.807) is 11.2 Å². The van der Waals surface area contributed by atoms with Crippen LogP contribution >= 0.6 is 0 Å². The Hall–Kier alpha value is -1.82. The molecular formula is C19H29N3O3.